The minimum Gasteiger partial charge on any atom is -0.870 e. The van der Waals surface area contributed by atoms with Crippen LogP contribution in [0.5, 0.6) is 40.2 Å². The van der Waals surface area contributed by atoms with Gasteiger partial charge in [-0.15, -0.1) is 0 Å². The number of hydrogen-bond donors (Lipinski definition) is 1. The average molecular weight is 534 g/mol. The van der Waals surface area contributed by atoms with Gasteiger partial charge in [0.25, 0.3) is 0 Å². The van der Waals surface area contributed by atoms with E-state index < -0.39 is 0 Å². The highest BCUT2D eigenvalue weighted by Gasteiger charge is 2.57. The Labute approximate surface area is 229 Å². The summed E-state index contributed by atoms with van der Waals surface area (Å²) in [6, 6.07) is 12.2. The molecule has 1 N–H and O–H groups in total. The van der Waals surface area contributed by atoms with E-state index in [1.807, 2.05) is 18.2 Å². The fraction of sp³-hybridized carbons (Fsp3) is 0.419. The molecule has 0 spiro atoms. The fourth-order valence-electron chi connectivity index (χ4n) is 7.50. The molecular weight excluding hydrogens is 498 g/mol. The van der Waals surface area contributed by atoms with Crippen LogP contribution in [0.3, 0.4) is 0 Å². The summed E-state index contributed by atoms with van der Waals surface area (Å²) in [5, 5.41) is 12.7. The standard InChI is InChI=1S/C31H35NO7/c1-34-23-8-7-17-28-20(19-14-26(37-4)27(38-5)15-24(19)35-2)12-21(29(17)31(23)39-6)32-10-9-16-11-22(33)25(36-3)13-18(16)30(28)32/h7-8,11,13-15,20-21,28,30,33H,9-10,12H2,1-6H3/t20-,21-,28-,30?/m0/s1. The zero-order valence-electron chi connectivity index (χ0n) is 23.3. The van der Waals surface area contributed by atoms with Crippen LogP contribution in [0.4, 0.5) is 0 Å². The quantitative estimate of drug-likeness (QED) is 0.499. The zero-order chi connectivity index (χ0) is 27.4. The number of piperidine rings is 1. The summed E-state index contributed by atoms with van der Waals surface area (Å²) in [6.45, 7) is 0.931. The molecule has 3 aromatic carbocycles. The molecule has 1 aliphatic carbocycles. The van der Waals surface area contributed by atoms with Gasteiger partial charge in [0.1, 0.15) is 23.6 Å². The number of methoxy groups -OCH3 is 6. The lowest BCUT2D eigenvalue weighted by Crippen LogP contribution is -3.16. The van der Waals surface area contributed by atoms with Gasteiger partial charge in [-0.2, -0.15) is 0 Å². The highest BCUT2D eigenvalue weighted by Crippen LogP contribution is 2.60. The lowest BCUT2D eigenvalue weighted by atomic mass is 9.60. The van der Waals surface area contributed by atoms with Gasteiger partial charge < -0.3 is 38.4 Å². The number of quaternary nitrogens is 1. The molecule has 7 rings (SSSR count). The maximum absolute atomic E-state index is 12.7. The molecule has 39 heavy (non-hydrogen) atoms. The normalized spacial score (nSPS) is 24.2. The molecule has 206 valence electrons. The van der Waals surface area contributed by atoms with Gasteiger partial charge in [0.15, 0.2) is 23.0 Å². The summed E-state index contributed by atoms with van der Waals surface area (Å²) in [5.74, 6) is 4.19. The van der Waals surface area contributed by atoms with Crippen molar-refractivity contribution < 1.29 is 38.4 Å². The molecule has 5 atom stereocenters. The monoisotopic (exact) mass is 533 g/mol. The largest absolute Gasteiger partial charge is 0.870 e. The maximum atomic E-state index is 12.7. The molecule has 2 bridgehead atoms. The van der Waals surface area contributed by atoms with Gasteiger partial charge in [0.05, 0.1) is 54.8 Å². The van der Waals surface area contributed by atoms with Crippen LogP contribution in [0, 0.1) is 0 Å². The average Bonchev–Trinajstić information content (AvgIpc) is 2.98. The van der Waals surface area contributed by atoms with Crippen LogP contribution in [0.15, 0.2) is 36.4 Å². The van der Waals surface area contributed by atoms with Gasteiger partial charge in [0.2, 0.25) is 0 Å². The summed E-state index contributed by atoms with van der Waals surface area (Å²) < 4.78 is 34.4. The second-order valence-electron chi connectivity index (χ2n) is 10.4. The van der Waals surface area contributed by atoms with Gasteiger partial charge in [0, 0.05) is 41.9 Å². The second kappa shape index (κ2) is 9.75. The van der Waals surface area contributed by atoms with E-state index in [-0.39, 0.29) is 29.7 Å². The maximum Gasteiger partial charge on any atom is 0.170 e. The van der Waals surface area contributed by atoms with Gasteiger partial charge in [-0.3, -0.25) is 0 Å². The Balaban J connectivity index is 1.60. The van der Waals surface area contributed by atoms with Crippen LogP contribution in [-0.2, 0) is 6.42 Å². The molecule has 4 aliphatic rings. The molecule has 0 amide bonds. The van der Waals surface area contributed by atoms with Crippen LogP contribution in [0.25, 0.3) is 0 Å². The van der Waals surface area contributed by atoms with E-state index in [4.69, 9.17) is 28.4 Å². The third kappa shape index (κ3) is 3.68. The van der Waals surface area contributed by atoms with E-state index in [0.717, 1.165) is 47.8 Å². The Morgan fingerprint density at radius 1 is 0.692 bits per heavy atom. The predicted octanol–water partition coefficient (Wildman–Crippen LogP) is 3.32. The summed E-state index contributed by atoms with van der Waals surface area (Å²) in [4.78, 5) is 1.49. The van der Waals surface area contributed by atoms with E-state index >= 15 is 0 Å². The van der Waals surface area contributed by atoms with E-state index in [9.17, 15) is 5.11 Å². The fourth-order valence-corrected chi connectivity index (χ4v) is 7.50. The first kappa shape index (κ1) is 25.5. The Hall–Kier alpha value is -3.78. The number of fused-ring (bicyclic) bond motifs is 2. The lowest BCUT2D eigenvalue weighted by molar-refractivity contribution is -0.974. The van der Waals surface area contributed by atoms with Crippen molar-refractivity contribution in [1.82, 2.24) is 0 Å². The van der Waals surface area contributed by atoms with Gasteiger partial charge >= 0.3 is 0 Å². The smallest absolute Gasteiger partial charge is 0.170 e. The molecule has 8 heteroatoms. The molecular formula is C31H35NO7. The van der Waals surface area contributed by atoms with Gasteiger partial charge in [-0.05, 0) is 29.3 Å². The Morgan fingerprint density at radius 3 is 2.03 bits per heavy atom. The third-order valence-corrected chi connectivity index (χ3v) is 9.03. The second-order valence-corrected chi connectivity index (χ2v) is 10.4. The predicted molar refractivity (Wildman–Crippen MR) is 143 cm³/mol. The number of ether oxygens (including phenoxy) is 6. The molecule has 0 aromatic heterocycles. The number of nitrogens with one attached hydrogen (secondary N) is 1. The molecule has 2 unspecified atom stereocenters. The number of hydrogen-bond acceptors (Lipinski definition) is 7. The summed E-state index contributed by atoms with van der Waals surface area (Å²) >= 11 is 0. The Bertz CT molecular complexity index is 1420. The first-order chi connectivity index (χ1) is 19.0. The SMILES string of the molecule is COc1cc2c(cc1[O-])CC[NH+]1C2[C@H]2c3ccc(OC)c(OC)c3[C@@H]1C[C@H]2c1cc(OC)c(OC)cc1OC. The molecule has 3 aromatic rings. The zero-order valence-corrected chi connectivity index (χ0v) is 23.3. The van der Waals surface area contributed by atoms with Crippen molar-refractivity contribution in [2.24, 2.45) is 0 Å². The molecule has 1 saturated heterocycles. The van der Waals surface area contributed by atoms with Crippen molar-refractivity contribution in [3.05, 3.63) is 64.2 Å². The van der Waals surface area contributed by atoms with Crippen LogP contribution in [0.1, 0.15) is 58.2 Å². The van der Waals surface area contributed by atoms with E-state index in [0.29, 0.717) is 17.2 Å². The summed E-state index contributed by atoms with van der Waals surface area (Å²) in [6.07, 6.45) is 1.75. The third-order valence-electron chi connectivity index (χ3n) is 9.03. The minimum atomic E-state index is -0.0643. The van der Waals surface area contributed by atoms with Crippen LogP contribution in [-0.4, -0.2) is 49.2 Å². The van der Waals surface area contributed by atoms with Crippen molar-refractivity contribution in [2.75, 3.05) is 49.2 Å². The first-order valence-corrected chi connectivity index (χ1v) is 13.3. The molecule has 3 heterocycles. The van der Waals surface area contributed by atoms with Crippen molar-refractivity contribution in [3.8, 4) is 40.2 Å². The van der Waals surface area contributed by atoms with Crippen molar-refractivity contribution in [3.63, 3.8) is 0 Å². The van der Waals surface area contributed by atoms with Crippen LogP contribution < -0.4 is 38.4 Å². The minimum absolute atomic E-state index is 0.0643. The molecule has 1 fully saturated rings. The van der Waals surface area contributed by atoms with Gasteiger partial charge in [-0.25, -0.2) is 0 Å². The Morgan fingerprint density at radius 2 is 1.36 bits per heavy atom. The van der Waals surface area contributed by atoms with E-state index in [1.165, 1.54) is 21.6 Å². The molecule has 3 aliphatic heterocycles. The topological polar surface area (TPSA) is 82.9 Å². The van der Waals surface area contributed by atoms with Crippen LogP contribution >= 0.6 is 0 Å². The highest BCUT2D eigenvalue weighted by molar-refractivity contribution is 5.60. The summed E-state index contributed by atoms with van der Waals surface area (Å²) in [7, 11) is 9.95. The van der Waals surface area contributed by atoms with E-state index in [2.05, 4.69) is 12.1 Å². The van der Waals surface area contributed by atoms with Crippen molar-refractivity contribution in [2.45, 2.75) is 36.8 Å². The highest BCUT2D eigenvalue weighted by atomic mass is 16.5. The summed E-state index contributed by atoms with van der Waals surface area (Å²) in [5.41, 5.74) is 5.86. The molecule has 8 nitrogen and oxygen atoms in total. The number of benzene rings is 3. The van der Waals surface area contributed by atoms with E-state index in [1.54, 1.807) is 48.7 Å². The van der Waals surface area contributed by atoms with Crippen molar-refractivity contribution in [1.29, 1.82) is 0 Å². The van der Waals surface area contributed by atoms with Gasteiger partial charge in [-0.1, -0.05) is 17.9 Å². The lowest BCUT2D eigenvalue weighted by Gasteiger charge is -2.55. The molecule has 0 radical (unpaired) electrons. The van der Waals surface area contributed by atoms with Crippen LogP contribution in [0.2, 0.25) is 0 Å². The Kier molecular flexibility index (Phi) is 6.38. The first-order valence-electron chi connectivity index (χ1n) is 13.3. The number of rotatable bonds is 7. The molecule has 0 saturated carbocycles. The van der Waals surface area contributed by atoms with Crippen molar-refractivity contribution >= 4 is 0 Å².